The van der Waals surface area contributed by atoms with Gasteiger partial charge in [-0.1, -0.05) is 36.3 Å². The predicted octanol–water partition coefficient (Wildman–Crippen LogP) is 5.10. The van der Waals surface area contributed by atoms with E-state index in [1.165, 1.54) is 16.9 Å². The van der Waals surface area contributed by atoms with Crippen molar-refractivity contribution in [2.75, 3.05) is 12.0 Å². The maximum Gasteiger partial charge on any atom is 0.303 e. The molecule has 2 fully saturated rings. The molecular formula is C24H31N3O4S. The Kier molecular flexibility index (Phi) is 7.52. The summed E-state index contributed by atoms with van der Waals surface area (Å²) in [4.78, 5) is 26.2. The normalized spacial score (nSPS) is 22.5. The fraction of sp³-hybridized carbons (Fsp3) is 0.583. The molecule has 1 aromatic carbocycles. The Morgan fingerprint density at radius 2 is 1.81 bits per heavy atom. The third-order valence-corrected chi connectivity index (χ3v) is 7.70. The van der Waals surface area contributed by atoms with E-state index in [2.05, 4.69) is 10.2 Å². The smallest absolute Gasteiger partial charge is 0.303 e. The minimum absolute atomic E-state index is 0.114. The summed E-state index contributed by atoms with van der Waals surface area (Å²) in [5, 5.41) is 17.7. The van der Waals surface area contributed by atoms with E-state index in [-0.39, 0.29) is 24.5 Å². The molecule has 2 aliphatic carbocycles. The summed E-state index contributed by atoms with van der Waals surface area (Å²) in [7, 11) is 1.66. The lowest BCUT2D eigenvalue weighted by atomic mass is 9.77. The topological polar surface area (TPSA) is 92.6 Å². The Morgan fingerprint density at radius 1 is 1.12 bits per heavy atom. The number of methoxy groups -OCH3 is 1. The third-order valence-electron chi connectivity index (χ3n) is 7.01. The largest absolute Gasteiger partial charge is 0.481 e. The van der Waals surface area contributed by atoms with Crippen molar-refractivity contribution >= 4 is 28.3 Å². The van der Waals surface area contributed by atoms with Crippen LogP contribution >= 0.6 is 11.3 Å². The van der Waals surface area contributed by atoms with E-state index in [4.69, 9.17) is 9.84 Å². The molecule has 7 nitrogen and oxygen atoms in total. The van der Waals surface area contributed by atoms with E-state index in [0.29, 0.717) is 22.5 Å². The van der Waals surface area contributed by atoms with Gasteiger partial charge in [-0.3, -0.25) is 14.5 Å². The highest BCUT2D eigenvalue weighted by Gasteiger charge is 2.36. The van der Waals surface area contributed by atoms with Gasteiger partial charge in [0.15, 0.2) is 0 Å². The number of carboxylic acids is 1. The van der Waals surface area contributed by atoms with Crippen molar-refractivity contribution in [1.82, 2.24) is 10.2 Å². The van der Waals surface area contributed by atoms with E-state index in [1.54, 1.807) is 17.5 Å². The van der Waals surface area contributed by atoms with Crippen LogP contribution in [-0.4, -0.2) is 40.5 Å². The quantitative estimate of drug-likeness (QED) is 0.555. The van der Waals surface area contributed by atoms with Crippen molar-refractivity contribution in [2.45, 2.75) is 69.9 Å². The highest BCUT2D eigenvalue weighted by Crippen LogP contribution is 2.38. The van der Waals surface area contributed by atoms with Gasteiger partial charge in [0.05, 0.1) is 0 Å². The third kappa shape index (κ3) is 5.18. The van der Waals surface area contributed by atoms with E-state index >= 15 is 0 Å². The van der Waals surface area contributed by atoms with Crippen LogP contribution in [0.15, 0.2) is 29.8 Å². The van der Waals surface area contributed by atoms with Gasteiger partial charge in [-0.15, -0.1) is 10.2 Å². The zero-order chi connectivity index (χ0) is 22.5. The van der Waals surface area contributed by atoms with Crippen LogP contribution in [0.4, 0.5) is 5.13 Å². The Hall–Kier alpha value is -2.32. The summed E-state index contributed by atoms with van der Waals surface area (Å²) >= 11 is 1.35. The standard InChI is InChI=1S/C24H31N3O4S/c1-31-23(20-4-2-3-5-20)27(24-26-25-15-32-24)22(30)19-12-10-18(11-13-19)17-8-6-16(7-9-17)14-21(28)29/h10-13,15-17,20,23H,2-9,14H2,1H3,(H,28,29). The predicted molar refractivity (Wildman–Crippen MR) is 123 cm³/mol. The van der Waals surface area contributed by atoms with E-state index in [9.17, 15) is 9.59 Å². The average Bonchev–Trinajstić information content (AvgIpc) is 3.52. The molecular weight excluding hydrogens is 426 g/mol. The van der Waals surface area contributed by atoms with Crippen molar-refractivity contribution in [2.24, 2.45) is 11.8 Å². The first-order valence-corrected chi connectivity index (χ1v) is 12.4. The summed E-state index contributed by atoms with van der Waals surface area (Å²) in [5.74, 6) is 0.189. The van der Waals surface area contributed by atoms with Crippen molar-refractivity contribution < 1.29 is 19.4 Å². The Labute approximate surface area is 192 Å². The van der Waals surface area contributed by atoms with Crippen LogP contribution in [0.5, 0.6) is 0 Å². The van der Waals surface area contributed by atoms with Crippen LogP contribution in [0.1, 0.15) is 79.6 Å². The van der Waals surface area contributed by atoms with Crippen LogP contribution < -0.4 is 4.90 Å². The summed E-state index contributed by atoms with van der Waals surface area (Å²) < 4.78 is 5.82. The van der Waals surface area contributed by atoms with Crippen LogP contribution in [0.3, 0.4) is 0 Å². The molecule has 1 amide bonds. The molecule has 0 aliphatic heterocycles. The van der Waals surface area contributed by atoms with Gasteiger partial charge in [0, 0.05) is 25.0 Å². The molecule has 2 aliphatic rings. The molecule has 172 valence electrons. The monoisotopic (exact) mass is 457 g/mol. The average molecular weight is 458 g/mol. The minimum Gasteiger partial charge on any atom is -0.481 e. The first kappa shape index (κ1) is 22.9. The van der Waals surface area contributed by atoms with Crippen molar-refractivity contribution in [3.63, 3.8) is 0 Å². The van der Waals surface area contributed by atoms with E-state index in [0.717, 1.165) is 51.4 Å². The number of ether oxygens (including phenoxy) is 1. The number of aliphatic carboxylic acids is 1. The summed E-state index contributed by atoms with van der Waals surface area (Å²) in [6, 6.07) is 7.89. The molecule has 4 rings (SSSR count). The van der Waals surface area contributed by atoms with Gasteiger partial charge in [0.2, 0.25) is 5.13 Å². The van der Waals surface area contributed by atoms with Crippen molar-refractivity contribution in [1.29, 1.82) is 0 Å². The lowest BCUT2D eigenvalue weighted by molar-refractivity contribution is -0.138. The molecule has 1 heterocycles. The number of nitrogens with zero attached hydrogens (tertiary/aromatic N) is 3. The van der Waals surface area contributed by atoms with Gasteiger partial charge in [-0.05, 0) is 68.1 Å². The number of benzene rings is 1. The second-order valence-electron chi connectivity index (χ2n) is 9.00. The molecule has 1 unspecified atom stereocenters. The SMILES string of the molecule is COC(C1CCCC1)N(C(=O)c1ccc(C2CCC(CC(=O)O)CC2)cc1)c1nncs1. The number of amides is 1. The molecule has 2 aromatic rings. The second kappa shape index (κ2) is 10.5. The summed E-state index contributed by atoms with van der Waals surface area (Å²) in [5.41, 5.74) is 3.47. The molecule has 1 N–H and O–H groups in total. The molecule has 0 saturated heterocycles. The van der Waals surface area contributed by atoms with Gasteiger partial charge in [-0.25, -0.2) is 0 Å². The van der Waals surface area contributed by atoms with Crippen molar-refractivity contribution in [3.8, 4) is 0 Å². The Bertz CT molecular complexity index is 888. The van der Waals surface area contributed by atoms with Gasteiger partial charge in [0.1, 0.15) is 11.7 Å². The summed E-state index contributed by atoms with van der Waals surface area (Å²) in [6.45, 7) is 0. The number of rotatable bonds is 8. The number of carbonyl (C=O) groups is 2. The number of carboxylic acid groups (broad SMARTS) is 1. The second-order valence-corrected chi connectivity index (χ2v) is 9.82. The van der Waals surface area contributed by atoms with E-state index in [1.807, 2.05) is 24.3 Å². The molecule has 2 saturated carbocycles. The molecule has 8 heteroatoms. The van der Waals surface area contributed by atoms with Gasteiger partial charge < -0.3 is 9.84 Å². The number of aromatic nitrogens is 2. The van der Waals surface area contributed by atoms with Crippen LogP contribution in [0.25, 0.3) is 0 Å². The number of carbonyl (C=O) groups excluding carboxylic acids is 1. The van der Waals surface area contributed by atoms with Crippen LogP contribution in [-0.2, 0) is 9.53 Å². The lowest BCUT2D eigenvalue weighted by Crippen LogP contribution is -2.45. The maximum atomic E-state index is 13.6. The fourth-order valence-electron chi connectivity index (χ4n) is 5.32. The van der Waals surface area contributed by atoms with Gasteiger partial charge >= 0.3 is 5.97 Å². The van der Waals surface area contributed by atoms with Gasteiger partial charge in [0.25, 0.3) is 5.91 Å². The fourth-order valence-corrected chi connectivity index (χ4v) is 5.90. The van der Waals surface area contributed by atoms with Crippen LogP contribution in [0.2, 0.25) is 0 Å². The van der Waals surface area contributed by atoms with Crippen LogP contribution in [0, 0.1) is 11.8 Å². The number of hydrogen-bond acceptors (Lipinski definition) is 6. The zero-order valence-corrected chi connectivity index (χ0v) is 19.3. The zero-order valence-electron chi connectivity index (χ0n) is 18.5. The lowest BCUT2D eigenvalue weighted by Gasteiger charge is -2.32. The first-order chi connectivity index (χ1) is 15.6. The molecule has 1 aromatic heterocycles. The Balaban J connectivity index is 1.48. The van der Waals surface area contributed by atoms with Crippen molar-refractivity contribution in [3.05, 3.63) is 40.9 Å². The molecule has 32 heavy (non-hydrogen) atoms. The Morgan fingerprint density at radius 3 is 2.38 bits per heavy atom. The molecule has 0 radical (unpaired) electrons. The van der Waals surface area contributed by atoms with Gasteiger partial charge in [-0.2, -0.15) is 0 Å². The molecule has 0 spiro atoms. The maximum absolute atomic E-state index is 13.6. The summed E-state index contributed by atoms with van der Waals surface area (Å²) in [6.07, 6.45) is 8.21. The highest BCUT2D eigenvalue weighted by atomic mass is 32.1. The number of anilines is 1. The number of hydrogen-bond donors (Lipinski definition) is 1. The molecule has 1 atom stereocenters. The molecule has 0 bridgehead atoms. The highest BCUT2D eigenvalue weighted by molar-refractivity contribution is 7.13. The first-order valence-electron chi connectivity index (χ1n) is 11.5. The van der Waals surface area contributed by atoms with E-state index < -0.39 is 5.97 Å². The minimum atomic E-state index is -0.705.